The lowest BCUT2D eigenvalue weighted by Gasteiger charge is -2.34. The number of likely N-dealkylation sites (tertiary alicyclic amines) is 1. The summed E-state index contributed by atoms with van der Waals surface area (Å²) in [7, 11) is 0. The fourth-order valence-corrected chi connectivity index (χ4v) is 4.45. The Balaban J connectivity index is 0.000000482. The summed E-state index contributed by atoms with van der Waals surface area (Å²) >= 11 is 0. The molecule has 0 radical (unpaired) electrons. The van der Waals surface area contributed by atoms with Gasteiger partial charge in [0.2, 0.25) is 0 Å². The summed E-state index contributed by atoms with van der Waals surface area (Å²) in [6, 6.07) is 26.6. The molecule has 1 heterocycles. The van der Waals surface area contributed by atoms with Crippen molar-refractivity contribution in [3.05, 3.63) is 120 Å². The lowest BCUT2D eigenvalue weighted by atomic mass is 10.00. The summed E-state index contributed by atoms with van der Waals surface area (Å²) in [5.41, 5.74) is 2.95. The van der Waals surface area contributed by atoms with Crippen LogP contribution in [0.25, 0.3) is 0 Å². The molecule has 1 saturated heterocycles. The van der Waals surface area contributed by atoms with E-state index in [1.54, 1.807) is 12.1 Å². The van der Waals surface area contributed by atoms with Gasteiger partial charge in [0.25, 0.3) is 0 Å². The van der Waals surface area contributed by atoms with Gasteiger partial charge < -0.3 is 19.8 Å². The molecule has 1 aliphatic heterocycles. The number of carbonyl (C=O) groups excluding carboxylic acids is 1. The van der Waals surface area contributed by atoms with Crippen molar-refractivity contribution >= 4 is 17.7 Å². The molecule has 7 nitrogen and oxygen atoms in total. The summed E-state index contributed by atoms with van der Waals surface area (Å²) in [5, 5.41) is 15.6. The highest BCUT2D eigenvalue weighted by Crippen LogP contribution is 2.30. The van der Waals surface area contributed by atoms with Crippen LogP contribution in [0.3, 0.4) is 0 Å². The van der Waals surface area contributed by atoms with Crippen molar-refractivity contribution in [3.63, 3.8) is 0 Å². The Labute approximate surface area is 233 Å². The predicted octanol–water partition coefficient (Wildman–Crippen LogP) is 5.77. The minimum Gasteiger partial charge on any atom is -0.478 e. The molecule has 8 heteroatoms. The molecule has 2 N–H and O–H groups in total. The van der Waals surface area contributed by atoms with Crippen LogP contribution < -0.4 is 0 Å². The summed E-state index contributed by atoms with van der Waals surface area (Å²) < 4.78 is 19.6. The van der Waals surface area contributed by atoms with Gasteiger partial charge in [0, 0.05) is 37.2 Å². The zero-order valence-corrected chi connectivity index (χ0v) is 22.2. The maximum atomic E-state index is 13.0. The number of ketones is 1. The Kier molecular flexibility index (Phi) is 12.2. The Morgan fingerprint density at radius 1 is 0.825 bits per heavy atom. The van der Waals surface area contributed by atoms with Gasteiger partial charge in [-0.1, -0.05) is 60.7 Å². The summed E-state index contributed by atoms with van der Waals surface area (Å²) in [4.78, 5) is 33.8. The van der Waals surface area contributed by atoms with Crippen LogP contribution in [-0.4, -0.2) is 58.6 Å². The van der Waals surface area contributed by atoms with E-state index in [1.165, 1.54) is 23.3 Å². The third-order valence-electron chi connectivity index (χ3n) is 6.48. The Bertz CT molecular complexity index is 1180. The van der Waals surface area contributed by atoms with E-state index >= 15 is 0 Å². The van der Waals surface area contributed by atoms with E-state index in [9.17, 15) is 18.8 Å². The molecule has 0 aromatic heterocycles. The average molecular weight is 548 g/mol. The molecule has 0 bridgehead atoms. The van der Waals surface area contributed by atoms with E-state index in [2.05, 4.69) is 53.4 Å². The van der Waals surface area contributed by atoms with E-state index in [4.69, 9.17) is 14.9 Å². The molecule has 3 aromatic carbocycles. The second kappa shape index (κ2) is 16.1. The van der Waals surface area contributed by atoms with Gasteiger partial charge in [-0.2, -0.15) is 0 Å². The zero-order chi connectivity index (χ0) is 28.7. The van der Waals surface area contributed by atoms with Crippen LogP contribution in [0.4, 0.5) is 4.39 Å². The Morgan fingerprint density at radius 2 is 1.32 bits per heavy atom. The van der Waals surface area contributed by atoms with E-state index in [1.807, 2.05) is 12.1 Å². The Morgan fingerprint density at radius 3 is 1.80 bits per heavy atom. The number of nitrogens with zero attached hydrogens (tertiary/aromatic N) is 1. The third-order valence-corrected chi connectivity index (χ3v) is 6.48. The topological polar surface area (TPSA) is 104 Å². The lowest BCUT2D eigenvalue weighted by molar-refractivity contribution is -0.134. The average Bonchev–Trinajstić information content (AvgIpc) is 2.97. The highest BCUT2D eigenvalue weighted by atomic mass is 19.1. The molecule has 0 aliphatic carbocycles. The molecular formula is C32H34FNO6. The molecule has 0 amide bonds. The minimum atomic E-state index is -1.26. The van der Waals surface area contributed by atoms with Gasteiger partial charge in [-0.25, -0.2) is 14.0 Å². The maximum Gasteiger partial charge on any atom is 0.328 e. The molecule has 0 atom stereocenters. The van der Waals surface area contributed by atoms with Gasteiger partial charge in [-0.15, -0.1) is 0 Å². The first-order valence-corrected chi connectivity index (χ1v) is 13.2. The number of carboxylic acids is 2. The minimum absolute atomic E-state index is 0.0534. The fourth-order valence-electron chi connectivity index (χ4n) is 4.45. The maximum absolute atomic E-state index is 13.0. The van der Waals surface area contributed by atoms with Crippen molar-refractivity contribution in [2.24, 2.45) is 0 Å². The molecule has 3 aromatic rings. The molecule has 4 rings (SSSR count). The first-order valence-electron chi connectivity index (χ1n) is 13.2. The number of hydrogen-bond donors (Lipinski definition) is 2. The number of ether oxygens (including phenoxy) is 1. The molecule has 1 aliphatic rings. The zero-order valence-electron chi connectivity index (χ0n) is 22.2. The van der Waals surface area contributed by atoms with Crippen molar-refractivity contribution in [2.45, 2.75) is 37.9 Å². The van der Waals surface area contributed by atoms with Gasteiger partial charge in [0.15, 0.2) is 5.78 Å². The van der Waals surface area contributed by atoms with Crippen LogP contribution in [0, 0.1) is 5.82 Å². The number of carboxylic acid groups (broad SMARTS) is 2. The van der Waals surface area contributed by atoms with Crippen molar-refractivity contribution in [1.29, 1.82) is 0 Å². The number of benzene rings is 3. The molecule has 1 fully saturated rings. The molecule has 0 spiro atoms. The number of piperidine rings is 1. The van der Waals surface area contributed by atoms with Gasteiger partial charge in [-0.05, 0) is 61.2 Å². The second-order valence-electron chi connectivity index (χ2n) is 9.42. The van der Waals surface area contributed by atoms with Crippen LogP contribution >= 0.6 is 0 Å². The Hall–Kier alpha value is -4.14. The van der Waals surface area contributed by atoms with E-state index in [0.717, 1.165) is 38.9 Å². The number of aliphatic carboxylic acids is 2. The normalized spacial score (nSPS) is 14.1. The van der Waals surface area contributed by atoms with Crippen LogP contribution in [-0.2, 0) is 14.3 Å². The first-order chi connectivity index (χ1) is 19.3. The molecular weight excluding hydrogens is 513 g/mol. The van der Waals surface area contributed by atoms with Crippen LogP contribution in [0.1, 0.15) is 53.3 Å². The van der Waals surface area contributed by atoms with Crippen molar-refractivity contribution < 1.29 is 33.7 Å². The first kappa shape index (κ1) is 30.4. The van der Waals surface area contributed by atoms with Gasteiger partial charge in [0.05, 0.1) is 6.10 Å². The third kappa shape index (κ3) is 10.6. The predicted molar refractivity (Wildman–Crippen MR) is 150 cm³/mol. The number of carbonyl (C=O) groups is 3. The quantitative estimate of drug-likeness (QED) is 0.232. The van der Waals surface area contributed by atoms with E-state index in [0.29, 0.717) is 24.1 Å². The number of halogens is 1. The van der Waals surface area contributed by atoms with E-state index in [-0.39, 0.29) is 23.8 Å². The SMILES string of the molecule is O=C(CCCN1CCC(OC(c2ccccc2)c2ccccc2)CC1)c1ccc(F)cc1.O=C(O)C=CC(=O)O. The molecule has 210 valence electrons. The van der Waals surface area contributed by atoms with Crippen LogP contribution in [0.2, 0.25) is 0 Å². The molecule has 40 heavy (non-hydrogen) atoms. The van der Waals surface area contributed by atoms with Gasteiger partial charge in [-0.3, -0.25) is 4.79 Å². The van der Waals surface area contributed by atoms with Crippen molar-refractivity contribution in [1.82, 2.24) is 4.90 Å². The van der Waals surface area contributed by atoms with Gasteiger partial charge >= 0.3 is 11.9 Å². The number of rotatable bonds is 11. The largest absolute Gasteiger partial charge is 0.478 e. The highest BCUT2D eigenvalue weighted by Gasteiger charge is 2.24. The smallest absolute Gasteiger partial charge is 0.328 e. The standard InChI is InChI=1S/C28H30FNO2.C4H4O4/c29-25-15-13-22(14-16-25)27(31)12-7-19-30-20-17-26(18-21-30)32-28(23-8-3-1-4-9-23)24-10-5-2-6-11-24;5-3(6)1-2-4(7)8/h1-6,8-11,13-16,26,28H,7,12,17-21H2;1-2H,(H,5,6)(H,7,8). The number of Topliss-reactive ketones (excluding diaryl/α,β-unsaturated/α-hetero) is 1. The van der Waals surface area contributed by atoms with E-state index < -0.39 is 11.9 Å². The summed E-state index contributed by atoms with van der Waals surface area (Å²) in [5.74, 6) is -2.75. The molecule has 0 saturated carbocycles. The number of hydrogen-bond acceptors (Lipinski definition) is 5. The lowest BCUT2D eigenvalue weighted by Crippen LogP contribution is -2.38. The van der Waals surface area contributed by atoms with Crippen molar-refractivity contribution in [3.8, 4) is 0 Å². The van der Waals surface area contributed by atoms with Gasteiger partial charge in [0.1, 0.15) is 11.9 Å². The second-order valence-corrected chi connectivity index (χ2v) is 9.42. The monoisotopic (exact) mass is 547 g/mol. The molecule has 0 unspecified atom stereocenters. The van der Waals surface area contributed by atoms with Crippen molar-refractivity contribution in [2.75, 3.05) is 19.6 Å². The van der Waals surface area contributed by atoms with Crippen LogP contribution in [0.5, 0.6) is 0 Å². The van der Waals surface area contributed by atoms with Crippen LogP contribution in [0.15, 0.2) is 97.1 Å². The summed E-state index contributed by atoms with van der Waals surface area (Å²) in [6.07, 6.45) is 4.57. The summed E-state index contributed by atoms with van der Waals surface area (Å²) in [6.45, 7) is 2.86. The highest BCUT2D eigenvalue weighted by molar-refractivity contribution is 5.96. The fraction of sp³-hybridized carbons (Fsp3) is 0.281.